The molecule has 0 amide bonds. The van der Waals surface area contributed by atoms with Gasteiger partial charge in [0.25, 0.3) is 0 Å². The van der Waals surface area contributed by atoms with Crippen LogP contribution in [0.3, 0.4) is 0 Å². The van der Waals surface area contributed by atoms with Crippen molar-refractivity contribution in [1.82, 2.24) is 19.8 Å². The summed E-state index contributed by atoms with van der Waals surface area (Å²) in [5.74, 6) is 1.11. The van der Waals surface area contributed by atoms with E-state index in [0.29, 0.717) is 5.15 Å². The Labute approximate surface area is 97.0 Å². The fourth-order valence-corrected chi connectivity index (χ4v) is 2.14. The molecule has 2 rings (SSSR count). The molecule has 4 nitrogen and oxygen atoms in total. The van der Waals surface area contributed by atoms with Gasteiger partial charge in [-0.15, -0.1) is 22.0 Å². The Morgan fingerprint density at radius 2 is 2.13 bits per heavy atom. The summed E-state index contributed by atoms with van der Waals surface area (Å²) in [7, 11) is 0. The number of halogens is 1. The van der Waals surface area contributed by atoms with Crippen LogP contribution >= 0.6 is 23.4 Å². The quantitative estimate of drug-likeness (QED) is 0.760. The van der Waals surface area contributed by atoms with Gasteiger partial charge in [0.15, 0.2) is 16.6 Å². The highest BCUT2D eigenvalue weighted by Crippen LogP contribution is 2.24. The van der Waals surface area contributed by atoms with Gasteiger partial charge in [-0.3, -0.25) is 0 Å². The van der Waals surface area contributed by atoms with Gasteiger partial charge in [0.05, 0.1) is 4.90 Å². The highest BCUT2D eigenvalue weighted by atomic mass is 35.5. The van der Waals surface area contributed by atoms with E-state index in [2.05, 4.69) is 29.1 Å². The highest BCUT2D eigenvalue weighted by Gasteiger charge is 2.13. The molecule has 80 valence electrons. The molecular formula is C9H11ClN4S. The Balaban J connectivity index is 2.75. The third-order valence-corrected chi connectivity index (χ3v) is 2.99. The molecule has 0 fully saturated rings. The first-order valence-electron chi connectivity index (χ1n) is 4.59. The van der Waals surface area contributed by atoms with Gasteiger partial charge >= 0.3 is 0 Å². The molecule has 0 aliphatic carbocycles. The van der Waals surface area contributed by atoms with Crippen LogP contribution in [-0.2, 0) is 0 Å². The van der Waals surface area contributed by atoms with E-state index in [1.54, 1.807) is 22.3 Å². The first-order valence-corrected chi connectivity index (χ1v) is 6.19. The molecule has 2 aromatic heterocycles. The Morgan fingerprint density at radius 1 is 1.40 bits per heavy atom. The Kier molecular flexibility index (Phi) is 2.84. The summed E-state index contributed by atoms with van der Waals surface area (Å²) in [6.45, 7) is 4.11. The molecule has 0 atom stereocenters. The minimum atomic E-state index is 0.278. The zero-order chi connectivity index (χ0) is 11.0. The van der Waals surface area contributed by atoms with E-state index in [0.717, 1.165) is 16.4 Å². The maximum absolute atomic E-state index is 5.94. The zero-order valence-corrected chi connectivity index (χ0v) is 10.3. The van der Waals surface area contributed by atoms with Crippen molar-refractivity contribution in [2.45, 2.75) is 24.7 Å². The second kappa shape index (κ2) is 3.98. The molecule has 0 saturated carbocycles. The lowest BCUT2D eigenvalue weighted by atomic mass is 10.2. The van der Waals surface area contributed by atoms with Crippen LogP contribution in [0.15, 0.2) is 11.0 Å². The van der Waals surface area contributed by atoms with Crippen molar-refractivity contribution in [2.75, 3.05) is 6.26 Å². The molecule has 15 heavy (non-hydrogen) atoms. The smallest absolute Gasteiger partial charge is 0.191 e. The Morgan fingerprint density at radius 3 is 2.73 bits per heavy atom. The van der Waals surface area contributed by atoms with Gasteiger partial charge in [-0.1, -0.05) is 25.4 Å². The van der Waals surface area contributed by atoms with E-state index in [1.165, 1.54) is 0 Å². The largest absolute Gasteiger partial charge is 0.194 e. The molecule has 0 aliphatic rings. The fraction of sp³-hybridized carbons (Fsp3) is 0.444. The number of aromatic nitrogens is 4. The number of thioether (sulfide) groups is 1. The van der Waals surface area contributed by atoms with Crippen molar-refractivity contribution in [3.05, 3.63) is 17.0 Å². The van der Waals surface area contributed by atoms with E-state index in [-0.39, 0.29) is 5.92 Å². The van der Waals surface area contributed by atoms with E-state index in [1.807, 2.05) is 6.26 Å². The zero-order valence-electron chi connectivity index (χ0n) is 8.73. The molecule has 0 unspecified atom stereocenters. The van der Waals surface area contributed by atoms with Gasteiger partial charge in [0, 0.05) is 5.92 Å². The normalized spacial score (nSPS) is 11.5. The number of hydrogen-bond donors (Lipinski definition) is 0. The van der Waals surface area contributed by atoms with Crippen molar-refractivity contribution in [3.8, 4) is 0 Å². The summed E-state index contributed by atoms with van der Waals surface area (Å²) in [5.41, 5.74) is 0.774. The van der Waals surface area contributed by atoms with Crippen LogP contribution in [0, 0.1) is 0 Å². The number of hydrogen-bond acceptors (Lipinski definition) is 4. The number of rotatable bonds is 2. The first-order chi connectivity index (χ1) is 7.13. The minimum absolute atomic E-state index is 0.278. The van der Waals surface area contributed by atoms with E-state index in [9.17, 15) is 0 Å². The molecule has 0 spiro atoms. The maximum atomic E-state index is 5.94. The molecule has 0 aliphatic heterocycles. The van der Waals surface area contributed by atoms with Crippen LogP contribution in [0.4, 0.5) is 0 Å². The Hall–Kier alpha value is -0.810. The maximum Gasteiger partial charge on any atom is 0.191 e. The topological polar surface area (TPSA) is 43.1 Å². The first kappa shape index (κ1) is 10.7. The van der Waals surface area contributed by atoms with Crippen molar-refractivity contribution in [2.24, 2.45) is 0 Å². The summed E-state index contributed by atoms with van der Waals surface area (Å²) < 4.78 is 1.72. The summed E-state index contributed by atoms with van der Waals surface area (Å²) in [4.78, 5) is 0.995. The molecule has 6 heteroatoms. The van der Waals surface area contributed by atoms with Gasteiger partial charge in [0.1, 0.15) is 0 Å². The summed E-state index contributed by atoms with van der Waals surface area (Å²) in [6, 6.07) is 1.81. The van der Waals surface area contributed by atoms with Crippen molar-refractivity contribution in [3.63, 3.8) is 0 Å². The second-order valence-corrected chi connectivity index (χ2v) is 4.72. The number of nitrogens with zero attached hydrogens (tertiary/aromatic N) is 4. The summed E-state index contributed by atoms with van der Waals surface area (Å²) >= 11 is 7.53. The van der Waals surface area contributed by atoms with Crippen LogP contribution in [0.5, 0.6) is 0 Å². The lowest BCUT2D eigenvalue weighted by Gasteiger charge is -2.03. The third kappa shape index (κ3) is 1.81. The standard InChI is InChI=1S/C9H11ClN4S/c1-5(2)8-11-12-9-6(15-3)4-7(10)13-14(8)9/h4-5H,1-3H3. The van der Waals surface area contributed by atoms with Crippen molar-refractivity contribution >= 4 is 29.0 Å². The van der Waals surface area contributed by atoms with Crippen LogP contribution in [0.25, 0.3) is 5.65 Å². The Bertz CT molecular complexity index is 494. The predicted octanol–water partition coefficient (Wildman–Crippen LogP) is 2.62. The number of fused-ring (bicyclic) bond motifs is 1. The monoisotopic (exact) mass is 242 g/mol. The van der Waals surface area contributed by atoms with Gasteiger partial charge in [0.2, 0.25) is 0 Å². The average Bonchev–Trinajstić information content (AvgIpc) is 2.59. The predicted molar refractivity (Wildman–Crippen MR) is 61.7 cm³/mol. The van der Waals surface area contributed by atoms with Gasteiger partial charge in [-0.25, -0.2) is 0 Å². The van der Waals surface area contributed by atoms with Gasteiger partial charge in [-0.05, 0) is 12.3 Å². The summed E-state index contributed by atoms with van der Waals surface area (Å²) in [5, 5.41) is 12.9. The molecule has 0 bridgehead atoms. The lowest BCUT2D eigenvalue weighted by Crippen LogP contribution is -2.01. The van der Waals surface area contributed by atoms with Crippen LogP contribution in [0.1, 0.15) is 25.6 Å². The SMILES string of the molecule is CSc1cc(Cl)nn2c(C(C)C)nnc12. The van der Waals surface area contributed by atoms with Crippen LogP contribution < -0.4 is 0 Å². The van der Waals surface area contributed by atoms with Gasteiger partial charge in [-0.2, -0.15) is 9.61 Å². The summed E-state index contributed by atoms with van der Waals surface area (Å²) in [6.07, 6.45) is 1.98. The molecule has 0 N–H and O–H groups in total. The van der Waals surface area contributed by atoms with E-state index in [4.69, 9.17) is 11.6 Å². The molecule has 2 aromatic rings. The third-order valence-electron chi connectivity index (χ3n) is 2.07. The average molecular weight is 243 g/mol. The van der Waals surface area contributed by atoms with Crippen LogP contribution in [0.2, 0.25) is 5.15 Å². The molecule has 0 radical (unpaired) electrons. The fourth-order valence-electron chi connectivity index (χ4n) is 1.35. The second-order valence-electron chi connectivity index (χ2n) is 3.48. The van der Waals surface area contributed by atoms with Gasteiger partial charge < -0.3 is 0 Å². The van der Waals surface area contributed by atoms with E-state index < -0.39 is 0 Å². The minimum Gasteiger partial charge on any atom is -0.194 e. The lowest BCUT2D eigenvalue weighted by molar-refractivity contribution is 0.719. The van der Waals surface area contributed by atoms with Crippen LogP contribution in [-0.4, -0.2) is 26.1 Å². The van der Waals surface area contributed by atoms with Crippen molar-refractivity contribution < 1.29 is 0 Å². The van der Waals surface area contributed by atoms with Crippen molar-refractivity contribution in [1.29, 1.82) is 0 Å². The molecular weight excluding hydrogens is 232 g/mol. The molecule has 2 heterocycles. The highest BCUT2D eigenvalue weighted by molar-refractivity contribution is 7.98. The molecule has 0 saturated heterocycles. The van der Waals surface area contributed by atoms with E-state index >= 15 is 0 Å². The molecule has 0 aromatic carbocycles.